The molecule has 2 fully saturated rings. The summed E-state index contributed by atoms with van der Waals surface area (Å²) in [7, 11) is 0. The molecule has 0 atom stereocenters. The summed E-state index contributed by atoms with van der Waals surface area (Å²) < 4.78 is 51.8. The Labute approximate surface area is 279 Å². The molecule has 0 aliphatic heterocycles. The van der Waals surface area contributed by atoms with Gasteiger partial charge in [-0.25, -0.2) is 41.9 Å². The SMILES string of the molecule is O=C(Nc1ccc(F)[c-]c1F)C1CCCCC1.O=C(Nc1ccc(F)[c-]c1F)C1CCCCC1.[C-]1=CC=CC1.[C-]1=CC=CC1.[Ti+4]. The van der Waals surface area contributed by atoms with Crippen LogP contribution in [0, 0.1) is 59.4 Å². The number of amides is 2. The molecule has 4 aliphatic rings. The first-order valence-electron chi connectivity index (χ1n) is 15.1. The van der Waals surface area contributed by atoms with Crippen molar-refractivity contribution in [2.75, 3.05) is 10.6 Å². The summed E-state index contributed by atoms with van der Waals surface area (Å²) in [5.41, 5.74) is 0.00365. The first-order chi connectivity index (χ1) is 21.3. The largest absolute Gasteiger partial charge is 4.00 e. The minimum atomic E-state index is -0.853. The molecule has 2 aromatic carbocycles. The van der Waals surface area contributed by atoms with E-state index in [0.717, 1.165) is 89.2 Å². The molecule has 9 heteroatoms. The Morgan fingerprint density at radius 2 is 0.978 bits per heavy atom. The van der Waals surface area contributed by atoms with Crippen molar-refractivity contribution in [3.63, 3.8) is 0 Å². The van der Waals surface area contributed by atoms with Crippen molar-refractivity contribution < 1.29 is 48.9 Å². The molecule has 4 nitrogen and oxygen atoms in total. The van der Waals surface area contributed by atoms with E-state index in [0.29, 0.717) is 0 Å². The van der Waals surface area contributed by atoms with Crippen LogP contribution in [-0.2, 0) is 31.3 Å². The van der Waals surface area contributed by atoms with E-state index in [4.69, 9.17) is 0 Å². The van der Waals surface area contributed by atoms with Crippen LogP contribution in [0.2, 0.25) is 0 Å². The van der Waals surface area contributed by atoms with Crippen LogP contribution in [0.1, 0.15) is 77.0 Å². The number of allylic oxidation sites excluding steroid dienone is 8. The summed E-state index contributed by atoms with van der Waals surface area (Å²) in [5, 5.41) is 4.99. The van der Waals surface area contributed by atoms with E-state index < -0.39 is 23.3 Å². The number of hydrogen-bond donors (Lipinski definition) is 2. The smallest absolute Gasteiger partial charge is 0.376 e. The summed E-state index contributed by atoms with van der Waals surface area (Å²) in [6.45, 7) is 0. The third-order valence-corrected chi connectivity index (χ3v) is 7.36. The molecular weight excluding hydrogens is 616 g/mol. The van der Waals surface area contributed by atoms with Crippen LogP contribution in [-0.4, -0.2) is 11.8 Å². The average Bonchev–Trinajstić information content (AvgIpc) is 3.82. The summed E-state index contributed by atoms with van der Waals surface area (Å²) in [6.07, 6.45) is 29.8. The minimum absolute atomic E-state index is 0. The molecule has 0 aromatic heterocycles. The van der Waals surface area contributed by atoms with Gasteiger partial charge in [0.2, 0.25) is 11.8 Å². The standard InChI is InChI=1S/2C13H14F2NO.2C5H5.Ti/c2*14-10-6-7-12(11(15)8-10)16-13(17)9-4-2-1-3-5-9;2*1-2-4-5-3-1;/h2*6-7,9H,1-5H2,(H,16,17);2*1-3H,4H2;/q4*-1;+4. The molecule has 6 rings (SSSR count). The van der Waals surface area contributed by atoms with Crippen LogP contribution in [0.3, 0.4) is 0 Å². The zero-order valence-electron chi connectivity index (χ0n) is 25.2. The van der Waals surface area contributed by atoms with Crippen molar-refractivity contribution in [1.82, 2.24) is 0 Å². The fourth-order valence-corrected chi connectivity index (χ4v) is 4.96. The van der Waals surface area contributed by atoms with Gasteiger partial charge in [0.1, 0.15) is 0 Å². The van der Waals surface area contributed by atoms with Crippen LogP contribution in [0.5, 0.6) is 0 Å². The Kier molecular flexibility index (Phi) is 18.1. The Balaban J connectivity index is 0.000000235. The monoisotopic (exact) mass is 654 g/mol. The van der Waals surface area contributed by atoms with Gasteiger partial charge in [0, 0.05) is 35.1 Å². The van der Waals surface area contributed by atoms with E-state index in [1.165, 1.54) is 12.1 Å². The first-order valence-corrected chi connectivity index (χ1v) is 15.1. The Morgan fingerprint density at radius 1 is 0.600 bits per heavy atom. The van der Waals surface area contributed by atoms with Gasteiger partial charge in [-0.2, -0.15) is 12.2 Å². The molecule has 2 saturated carbocycles. The van der Waals surface area contributed by atoms with Crippen LogP contribution in [0.25, 0.3) is 0 Å². The number of halogens is 4. The second-order valence-electron chi connectivity index (χ2n) is 10.7. The van der Waals surface area contributed by atoms with Gasteiger partial charge in [-0.1, -0.05) is 38.5 Å². The van der Waals surface area contributed by atoms with E-state index in [2.05, 4.69) is 34.9 Å². The molecule has 0 saturated heterocycles. The van der Waals surface area contributed by atoms with Gasteiger partial charge in [0.25, 0.3) is 0 Å². The van der Waals surface area contributed by atoms with Crippen LogP contribution in [0.15, 0.2) is 60.7 Å². The average molecular weight is 655 g/mol. The second kappa shape index (κ2) is 21.5. The number of nitrogens with one attached hydrogen (secondary N) is 2. The van der Waals surface area contributed by atoms with Gasteiger partial charge in [-0.05, 0) is 37.1 Å². The first kappa shape index (κ1) is 38.0. The van der Waals surface area contributed by atoms with Gasteiger partial charge in [-0.3, -0.25) is 21.7 Å². The third-order valence-electron chi connectivity index (χ3n) is 7.36. The van der Waals surface area contributed by atoms with Crippen LogP contribution in [0.4, 0.5) is 28.9 Å². The van der Waals surface area contributed by atoms with Crippen molar-refractivity contribution in [2.24, 2.45) is 11.8 Å². The quantitative estimate of drug-likeness (QED) is 0.196. The van der Waals surface area contributed by atoms with Gasteiger partial charge in [0.05, 0.1) is 0 Å². The molecule has 0 spiro atoms. The molecular formula is C36H38F4N2O2Ti. The summed E-state index contributed by atoms with van der Waals surface area (Å²) >= 11 is 0. The molecule has 45 heavy (non-hydrogen) atoms. The van der Waals surface area contributed by atoms with E-state index in [1.807, 2.05) is 36.4 Å². The fourth-order valence-electron chi connectivity index (χ4n) is 4.96. The summed E-state index contributed by atoms with van der Waals surface area (Å²) in [6, 6.07) is 8.41. The van der Waals surface area contributed by atoms with E-state index in [1.54, 1.807) is 0 Å². The normalized spacial score (nSPS) is 16.6. The number of rotatable bonds is 4. The Morgan fingerprint density at radius 3 is 1.24 bits per heavy atom. The van der Waals surface area contributed by atoms with Crippen LogP contribution < -0.4 is 10.6 Å². The molecule has 236 valence electrons. The Bertz CT molecular complexity index is 1210. The van der Waals surface area contributed by atoms with Crippen molar-refractivity contribution in [3.8, 4) is 0 Å². The molecule has 2 aromatic rings. The number of benzene rings is 2. The molecule has 0 unspecified atom stereocenters. The molecule has 2 amide bonds. The maximum Gasteiger partial charge on any atom is 4.00 e. The zero-order valence-corrected chi connectivity index (χ0v) is 26.8. The molecule has 2 N–H and O–H groups in total. The molecule has 4 aliphatic carbocycles. The summed E-state index contributed by atoms with van der Waals surface area (Å²) in [4.78, 5) is 23.6. The van der Waals surface area contributed by atoms with Crippen molar-refractivity contribution in [3.05, 3.63) is 108 Å². The van der Waals surface area contributed by atoms with Crippen LogP contribution >= 0.6 is 0 Å². The molecule has 0 heterocycles. The number of anilines is 2. The van der Waals surface area contributed by atoms with E-state index >= 15 is 0 Å². The zero-order chi connectivity index (χ0) is 31.6. The van der Waals surface area contributed by atoms with Crippen molar-refractivity contribution >= 4 is 23.2 Å². The third kappa shape index (κ3) is 14.6. The van der Waals surface area contributed by atoms with Gasteiger partial charge in [-0.15, -0.1) is 49.2 Å². The predicted molar refractivity (Wildman–Crippen MR) is 164 cm³/mol. The minimum Gasteiger partial charge on any atom is -0.376 e. The molecule has 0 radical (unpaired) electrons. The molecule has 0 bridgehead atoms. The van der Waals surface area contributed by atoms with Gasteiger partial charge in [0.15, 0.2) is 0 Å². The van der Waals surface area contributed by atoms with Crippen molar-refractivity contribution in [2.45, 2.75) is 77.0 Å². The topological polar surface area (TPSA) is 58.2 Å². The van der Waals surface area contributed by atoms with Crippen molar-refractivity contribution in [1.29, 1.82) is 0 Å². The maximum absolute atomic E-state index is 13.3. The fraction of sp³-hybridized carbons (Fsp3) is 0.389. The second-order valence-corrected chi connectivity index (χ2v) is 10.7. The number of hydrogen-bond acceptors (Lipinski definition) is 2. The number of carbonyl (C=O) groups is 2. The van der Waals surface area contributed by atoms with E-state index in [-0.39, 0.29) is 56.7 Å². The predicted octanol–water partition coefficient (Wildman–Crippen LogP) is 9.18. The summed E-state index contributed by atoms with van der Waals surface area (Å²) in [5.74, 6) is -3.69. The maximum atomic E-state index is 13.3. The number of carbonyl (C=O) groups excluding carboxylic acids is 2. The Hall–Kier alpha value is -3.23. The van der Waals surface area contributed by atoms with Gasteiger partial charge < -0.3 is 10.6 Å². The van der Waals surface area contributed by atoms with E-state index in [9.17, 15) is 27.2 Å². The van der Waals surface area contributed by atoms with Gasteiger partial charge >= 0.3 is 21.7 Å².